The van der Waals surface area contributed by atoms with Gasteiger partial charge in [-0.15, -0.1) is 0 Å². The number of hydrogen-bond acceptors (Lipinski definition) is 5. The van der Waals surface area contributed by atoms with Gasteiger partial charge < -0.3 is 15.1 Å². The van der Waals surface area contributed by atoms with E-state index in [2.05, 4.69) is 30.5 Å². The molecule has 1 amide bonds. The number of nitrogens with zero attached hydrogens (tertiary/aromatic N) is 3. The Labute approximate surface area is 170 Å². The topological polar surface area (TPSA) is 116 Å². The predicted octanol–water partition coefficient (Wildman–Crippen LogP) is 3.17. The maximum absolute atomic E-state index is 12.7. The van der Waals surface area contributed by atoms with Crippen LogP contribution in [-0.2, 0) is 4.79 Å². The first-order chi connectivity index (χ1) is 14.7. The maximum atomic E-state index is 12.7. The van der Waals surface area contributed by atoms with Crippen LogP contribution >= 0.6 is 0 Å². The second kappa shape index (κ2) is 7.25. The van der Waals surface area contributed by atoms with Crippen LogP contribution in [-0.4, -0.2) is 37.3 Å². The molecule has 0 unspecified atom stereocenters. The van der Waals surface area contributed by atoms with Gasteiger partial charge >= 0.3 is 0 Å². The molecule has 146 valence electrons. The molecule has 3 aromatic heterocycles. The number of aromatic amines is 2. The van der Waals surface area contributed by atoms with Crippen LogP contribution < -0.4 is 5.32 Å². The highest BCUT2D eigenvalue weighted by Crippen LogP contribution is 2.28. The normalized spacial score (nSPS) is 12.1. The Kier molecular flexibility index (Phi) is 4.29. The molecular formula is C22H16N6O2. The Morgan fingerprint density at radius 3 is 2.60 bits per heavy atom. The summed E-state index contributed by atoms with van der Waals surface area (Å²) >= 11 is 0. The highest BCUT2D eigenvalue weighted by Gasteiger charge is 2.19. The summed E-state index contributed by atoms with van der Waals surface area (Å²) in [4.78, 5) is 35.6. The molecule has 0 bridgehead atoms. The zero-order valence-electron chi connectivity index (χ0n) is 15.7. The first-order valence-electron chi connectivity index (χ1n) is 9.32. The van der Waals surface area contributed by atoms with Crippen LogP contribution in [0.1, 0.15) is 22.2 Å². The lowest BCUT2D eigenvalue weighted by Gasteiger charge is -2.11. The van der Waals surface area contributed by atoms with Crippen molar-refractivity contribution in [3.63, 3.8) is 0 Å². The number of nitrogens with one attached hydrogen (secondary N) is 3. The first kappa shape index (κ1) is 17.7. The van der Waals surface area contributed by atoms with Gasteiger partial charge in [-0.25, -0.2) is 4.98 Å². The molecule has 3 N–H and O–H groups in total. The van der Waals surface area contributed by atoms with Gasteiger partial charge in [-0.05, 0) is 29.8 Å². The Morgan fingerprint density at radius 1 is 1.03 bits per heavy atom. The van der Waals surface area contributed by atoms with Crippen molar-refractivity contribution in [1.29, 1.82) is 0 Å². The average molecular weight is 396 g/mol. The fraction of sp³-hybridized carbons (Fsp3) is 0.0455. The smallest absolute Gasteiger partial charge is 0.287 e. The zero-order chi connectivity index (χ0) is 20.5. The summed E-state index contributed by atoms with van der Waals surface area (Å²) in [6.45, 7) is 0. The maximum Gasteiger partial charge on any atom is 0.287 e. The van der Waals surface area contributed by atoms with Crippen LogP contribution in [0.25, 0.3) is 33.2 Å². The van der Waals surface area contributed by atoms with Crippen LogP contribution in [0.2, 0.25) is 0 Å². The third kappa shape index (κ3) is 3.10. The highest BCUT2D eigenvalue weighted by atomic mass is 16.2. The van der Waals surface area contributed by atoms with Crippen molar-refractivity contribution in [2.45, 2.75) is 6.04 Å². The summed E-state index contributed by atoms with van der Waals surface area (Å²) in [5, 5.41) is 11.0. The van der Waals surface area contributed by atoms with E-state index in [1.807, 2.05) is 42.5 Å². The summed E-state index contributed by atoms with van der Waals surface area (Å²) in [6.07, 6.45) is 4.12. The number of aldehydes is 1. The standard InChI is InChI=1S/C22H16N6O2/c29-12-19(13-4-2-1-3-5-13)26-22(30)21-24-17-10-15-16(11-18(17)25-21)27-28-20(15)14-6-8-23-9-7-14/h1-12,19H,(H,24,25)(H,26,30)(H,27,28)/t19-/m1/s1. The number of amides is 1. The SMILES string of the molecule is O=C[C@@H](NC(=O)c1nc2cc3c(-c4ccncc4)n[nH]c3cc2[nH]1)c1ccccc1. The molecule has 0 saturated carbocycles. The van der Waals surface area contributed by atoms with E-state index in [-0.39, 0.29) is 5.82 Å². The van der Waals surface area contributed by atoms with Crippen LogP contribution in [0, 0.1) is 0 Å². The van der Waals surface area contributed by atoms with E-state index in [1.54, 1.807) is 24.5 Å². The predicted molar refractivity (Wildman–Crippen MR) is 112 cm³/mol. The lowest BCUT2D eigenvalue weighted by atomic mass is 10.1. The molecule has 1 atom stereocenters. The number of fused-ring (bicyclic) bond motifs is 2. The molecule has 2 aromatic carbocycles. The van der Waals surface area contributed by atoms with Gasteiger partial charge in [-0.1, -0.05) is 30.3 Å². The van der Waals surface area contributed by atoms with E-state index < -0.39 is 11.9 Å². The van der Waals surface area contributed by atoms with Crippen molar-refractivity contribution in [2.24, 2.45) is 0 Å². The third-order valence-corrected chi connectivity index (χ3v) is 4.91. The number of rotatable bonds is 5. The molecule has 0 radical (unpaired) electrons. The van der Waals surface area contributed by atoms with Crippen LogP contribution in [0.4, 0.5) is 0 Å². The fourth-order valence-electron chi connectivity index (χ4n) is 3.42. The van der Waals surface area contributed by atoms with Gasteiger partial charge in [0.05, 0.1) is 16.6 Å². The summed E-state index contributed by atoms with van der Waals surface area (Å²) in [6, 6.07) is 15.8. The lowest BCUT2D eigenvalue weighted by molar-refractivity contribution is -0.109. The summed E-state index contributed by atoms with van der Waals surface area (Å²) < 4.78 is 0. The fourth-order valence-corrected chi connectivity index (χ4v) is 3.42. The minimum atomic E-state index is -0.746. The number of carbonyl (C=O) groups excluding carboxylic acids is 2. The second-order valence-corrected chi connectivity index (χ2v) is 6.81. The van der Waals surface area contributed by atoms with E-state index in [0.717, 1.165) is 22.2 Å². The number of H-pyrrole nitrogens is 2. The molecule has 8 heteroatoms. The van der Waals surface area contributed by atoms with Crippen molar-refractivity contribution in [2.75, 3.05) is 0 Å². The van der Waals surface area contributed by atoms with Crippen molar-refractivity contribution < 1.29 is 9.59 Å². The summed E-state index contributed by atoms with van der Waals surface area (Å²) in [5.74, 6) is -0.317. The third-order valence-electron chi connectivity index (χ3n) is 4.91. The molecule has 3 heterocycles. The first-order valence-corrected chi connectivity index (χ1v) is 9.32. The molecule has 0 spiro atoms. The number of benzene rings is 2. The largest absolute Gasteiger partial charge is 0.336 e. The van der Waals surface area contributed by atoms with Gasteiger partial charge in [-0.2, -0.15) is 5.10 Å². The molecule has 0 fully saturated rings. The number of pyridine rings is 1. The number of carbonyl (C=O) groups is 2. The Hall–Kier alpha value is -4.33. The minimum absolute atomic E-state index is 0.138. The van der Waals surface area contributed by atoms with E-state index in [4.69, 9.17) is 0 Å². The Balaban J connectivity index is 1.49. The van der Waals surface area contributed by atoms with Crippen molar-refractivity contribution >= 4 is 34.1 Å². The number of imidazole rings is 1. The van der Waals surface area contributed by atoms with E-state index in [1.165, 1.54) is 0 Å². The van der Waals surface area contributed by atoms with Crippen molar-refractivity contribution in [3.05, 3.63) is 78.4 Å². The minimum Gasteiger partial charge on any atom is -0.336 e. The van der Waals surface area contributed by atoms with Gasteiger partial charge in [0.2, 0.25) is 0 Å². The summed E-state index contributed by atoms with van der Waals surface area (Å²) in [7, 11) is 0. The monoisotopic (exact) mass is 396 g/mol. The molecular weight excluding hydrogens is 380 g/mol. The summed E-state index contributed by atoms with van der Waals surface area (Å²) in [5.41, 5.74) is 4.57. The Morgan fingerprint density at radius 2 is 1.83 bits per heavy atom. The molecule has 5 aromatic rings. The average Bonchev–Trinajstić information content (AvgIpc) is 3.40. The van der Waals surface area contributed by atoms with Crippen molar-refractivity contribution in [3.8, 4) is 11.3 Å². The number of hydrogen-bond donors (Lipinski definition) is 3. The van der Waals surface area contributed by atoms with E-state index in [0.29, 0.717) is 22.9 Å². The second-order valence-electron chi connectivity index (χ2n) is 6.81. The molecule has 30 heavy (non-hydrogen) atoms. The van der Waals surface area contributed by atoms with E-state index >= 15 is 0 Å². The zero-order valence-corrected chi connectivity index (χ0v) is 15.7. The van der Waals surface area contributed by atoms with Gasteiger partial charge in [0, 0.05) is 23.3 Å². The molecule has 8 nitrogen and oxygen atoms in total. The van der Waals surface area contributed by atoms with Crippen LogP contribution in [0.5, 0.6) is 0 Å². The van der Waals surface area contributed by atoms with Crippen LogP contribution in [0.3, 0.4) is 0 Å². The molecule has 5 rings (SSSR count). The van der Waals surface area contributed by atoms with Gasteiger partial charge in [0.15, 0.2) is 5.82 Å². The number of aromatic nitrogens is 5. The lowest BCUT2D eigenvalue weighted by Crippen LogP contribution is -2.30. The quantitative estimate of drug-likeness (QED) is 0.395. The highest BCUT2D eigenvalue weighted by molar-refractivity contribution is 6.02. The molecule has 0 saturated heterocycles. The van der Waals surface area contributed by atoms with Gasteiger partial charge in [0.25, 0.3) is 5.91 Å². The molecule has 0 aliphatic rings. The Bertz CT molecular complexity index is 1360. The van der Waals surface area contributed by atoms with Crippen molar-refractivity contribution in [1.82, 2.24) is 30.5 Å². The molecule has 0 aliphatic heterocycles. The van der Waals surface area contributed by atoms with E-state index in [9.17, 15) is 9.59 Å². The molecule has 0 aliphatic carbocycles. The van der Waals surface area contributed by atoms with Crippen LogP contribution in [0.15, 0.2) is 67.0 Å². The van der Waals surface area contributed by atoms with Gasteiger partial charge in [0.1, 0.15) is 18.0 Å². The van der Waals surface area contributed by atoms with Gasteiger partial charge in [-0.3, -0.25) is 14.9 Å².